The SMILES string of the molecule is COc1ccc(C2(C(=O)Nc3ccc(OCC(C)C)cc3)CCCCC2)cc1. The number of benzene rings is 2. The monoisotopic (exact) mass is 381 g/mol. The lowest BCUT2D eigenvalue weighted by molar-refractivity contribution is -0.122. The zero-order chi connectivity index (χ0) is 20.0. The van der Waals surface area contributed by atoms with Crippen molar-refractivity contribution < 1.29 is 14.3 Å². The molecule has 1 amide bonds. The Kier molecular flexibility index (Phi) is 6.61. The highest BCUT2D eigenvalue weighted by Gasteiger charge is 2.41. The van der Waals surface area contributed by atoms with Crippen LogP contribution in [0.15, 0.2) is 48.5 Å². The number of methoxy groups -OCH3 is 1. The molecule has 0 unspecified atom stereocenters. The van der Waals surface area contributed by atoms with Gasteiger partial charge in [-0.25, -0.2) is 0 Å². The molecule has 0 saturated heterocycles. The first-order valence-corrected chi connectivity index (χ1v) is 10.2. The fraction of sp³-hybridized carbons (Fsp3) is 0.458. The Morgan fingerprint density at radius 2 is 1.57 bits per heavy atom. The zero-order valence-corrected chi connectivity index (χ0v) is 17.2. The van der Waals surface area contributed by atoms with Crippen molar-refractivity contribution in [3.63, 3.8) is 0 Å². The largest absolute Gasteiger partial charge is 0.497 e. The number of hydrogen-bond donors (Lipinski definition) is 1. The molecule has 0 bridgehead atoms. The van der Waals surface area contributed by atoms with E-state index in [0.29, 0.717) is 12.5 Å². The first kappa shape index (κ1) is 20.2. The minimum Gasteiger partial charge on any atom is -0.497 e. The van der Waals surface area contributed by atoms with Gasteiger partial charge >= 0.3 is 0 Å². The van der Waals surface area contributed by atoms with Crippen LogP contribution in [-0.4, -0.2) is 19.6 Å². The van der Waals surface area contributed by atoms with Crippen LogP contribution in [-0.2, 0) is 10.2 Å². The first-order chi connectivity index (χ1) is 13.5. The number of carbonyl (C=O) groups excluding carboxylic acids is 1. The average molecular weight is 382 g/mol. The van der Waals surface area contributed by atoms with Gasteiger partial charge in [-0.15, -0.1) is 0 Å². The smallest absolute Gasteiger partial charge is 0.235 e. The standard InChI is InChI=1S/C24H31NO3/c1-18(2)17-28-22-13-9-20(10-14-22)25-23(26)24(15-5-4-6-16-24)19-7-11-21(27-3)12-8-19/h7-14,18H,4-6,15-17H2,1-3H3,(H,25,26). The normalized spacial score (nSPS) is 15.9. The molecule has 0 aromatic heterocycles. The molecular weight excluding hydrogens is 350 g/mol. The van der Waals surface area contributed by atoms with Gasteiger partial charge in [0.05, 0.1) is 19.1 Å². The summed E-state index contributed by atoms with van der Waals surface area (Å²) in [6.45, 7) is 4.93. The highest BCUT2D eigenvalue weighted by molar-refractivity contribution is 5.99. The van der Waals surface area contributed by atoms with Gasteiger partial charge in [0.15, 0.2) is 0 Å². The van der Waals surface area contributed by atoms with E-state index >= 15 is 0 Å². The summed E-state index contributed by atoms with van der Waals surface area (Å²) in [5.74, 6) is 2.20. The van der Waals surface area contributed by atoms with E-state index in [2.05, 4.69) is 19.2 Å². The predicted molar refractivity (Wildman–Crippen MR) is 113 cm³/mol. The van der Waals surface area contributed by atoms with Gasteiger partial charge in [0, 0.05) is 5.69 Å². The second-order valence-corrected chi connectivity index (χ2v) is 8.05. The second kappa shape index (κ2) is 9.13. The van der Waals surface area contributed by atoms with Crippen LogP contribution in [0.5, 0.6) is 11.5 Å². The summed E-state index contributed by atoms with van der Waals surface area (Å²) in [6, 6.07) is 15.6. The van der Waals surface area contributed by atoms with Gasteiger partial charge in [0.2, 0.25) is 5.91 Å². The fourth-order valence-electron chi connectivity index (χ4n) is 3.86. The molecule has 3 rings (SSSR count). The van der Waals surface area contributed by atoms with Gasteiger partial charge in [-0.3, -0.25) is 4.79 Å². The van der Waals surface area contributed by atoms with E-state index in [4.69, 9.17) is 9.47 Å². The molecule has 1 fully saturated rings. The van der Waals surface area contributed by atoms with Crippen LogP contribution >= 0.6 is 0 Å². The summed E-state index contributed by atoms with van der Waals surface area (Å²) in [7, 11) is 1.66. The molecule has 1 aliphatic carbocycles. The van der Waals surface area contributed by atoms with E-state index in [1.165, 1.54) is 6.42 Å². The molecule has 150 valence electrons. The van der Waals surface area contributed by atoms with Crippen molar-refractivity contribution in [3.05, 3.63) is 54.1 Å². The van der Waals surface area contributed by atoms with Crippen LogP contribution < -0.4 is 14.8 Å². The van der Waals surface area contributed by atoms with Gasteiger partial charge < -0.3 is 14.8 Å². The minimum atomic E-state index is -0.475. The predicted octanol–water partition coefficient (Wildman–Crippen LogP) is 5.57. The van der Waals surface area contributed by atoms with E-state index in [1.54, 1.807) is 7.11 Å². The molecule has 0 atom stereocenters. The first-order valence-electron chi connectivity index (χ1n) is 10.2. The van der Waals surface area contributed by atoms with Crippen LogP contribution in [0.3, 0.4) is 0 Å². The van der Waals surface area contributed by atoms with Gasteiger partial charge in [-0.05, 0) is 60.7 Å². The van der Waals surface area contributed by atoms with E-state index < -0.39 is 5.41 Å². The molecule has 0 spiro atoms. The van der Waals surface area contributed by atoms with Crippen LogP contribution in [0.4, 0.5) is 5.69 Å². The Labute approximate surface area is 168 Å². The number of carbonyl (C=O) groups is 1. The Morgan fingerprint density at radius 1 is 0.964 bits per heavy atom. The maximum Gasteiger partial charge on any atom is 0.235 e. The van der Waals surface area contributed by atoms with E-state index in [-0.39, 0.29) is 5.91 Å². The lowest BCUT2D eigenvalue weighted by Crippen LogP contribution is -2.42. The summed E-state index contributed by atoms with van der Waals surface area (Å²) in [5.41, 5.74) is 1.40. The molecule has 2 aromatic rings. The number of anilines is 1. The summed E-state index contributed by atoms with van der Waals surface area (Å²) >= 11 is 0. The summed E-state index contributed by atoms with van der Waals surface area (Å²) in [6.07, 6.45) is 5.08. The molecule has 0 heterocycles. The van der Waals surface area contributed by atoms with Crippen LogP contribution in [0.25, 0.3) is 0 Å². The summed E-state index contributed by atoms with van der Waals surface area (Å²) in [4.78, 5) is 13.4. The van der Waals surface area contributed by atoms with Crippen molar-refractivity contribution in [1.82, 2.24) is 0 Å². The molecule has 0 radical (unpaired) electrons. The summed E-state index contributed by atoms with van der Waals surface area (Å²) in [5, 5.41) is 3.15. The van der Waals surface area contributed by atoms with Crippen molar-refractivity contribution in [2.45, 2.75) is 51.4 Å². The molecular formula is C24H31NO3. The highest BCUT2D eigenvalue weighted by atomic mass is 16.5. The number of nitrogens with one attached hydrogen (secondary N) is 1. The number of ether oxygens (including phenoxy) is 2. The van der Waals surface area contributed by atoms with Gasteiger partial charge in [-0.1, -0.05) is 45.2 Å². The van der Waals surface area contributed by atoms with E-state index in [9.17, 15) is 4.79 Å². The third-order valence-corrected chi connectivity index (χ3v) is 5.48. The second-order valence-electron chi connectivity index (χ2n) is 8.05. The van der Waals surface area contributed by atoms with Crippen molar-refractivity contribution in [2.75, 3.05) is 19.0 Å². The molecule has 28 heavy (non-hydrogen) atoms. The molecule has 4 nitrogen and oxygen atoms in total. The van der Waals surface area contributed by atoms with Crippen LogP contribution in [0, 0.1) is 5.92 Å². The molecule has 1 saturated carbocycles. The zero-order valence-electron chi connectivity index (χ0n) is 17.2. The van der Waals surface area contributed by atoms with Crippen molar-refractivity contribution in [1.29, 1.82) is 0 Å². The van der Waals surface area contributed by atoms with E-state index in [1.807, 2.05) is 48.5 Å². The van der Waals surface area contributed by atoms with Crippen LogP contribution in [0.1, 0.15) is 51.5 Å². The Morgan fingerprint density at radius 3 is 2.14 bits per heavy atom. The highest BCUT2D eigenvalue weighted by Crippen LogP contribution is 2.41. The van der Waals surface area contributed by atoms with Crippen molar-refractivity contribution in [2.24, 2.45) is 5.92 Å². The minimum absolute atomic E-state index is 0.0771. The molecule has 2 aromatic carbocycles. The lowest BCUT2D eigenvalue weighted by Gasteiger charge is -2.36. The molecule has 0 aliphatic heterocycles. The van der Waals surface area contributed by atoms with Crippen LogP contribution in [0.2, 0.25) is 0 Å². The Balaban J connectivity index is 1.76. The third kappa shape index (κ3) is 4.67. The topological polar surface area (TPSA) is 47.6 Å². The Hall–Kier alpha value is -2.49. The maximum atomic E-state index is 13.4. The lowest BCUT2D eigenvalue weighted by atomic mass is 9.68. The molecule has 1 N–H and O–H groups in total. The maximum absolute atomic E-state index is 13.4. The molecule has 1 aliphatic rings. The summed E-state index contributed by atoms with van der Waals surface area (Å²) < 4.78 is 11.0. The van der Waals surface area contributed by atoms with Gasteiger partial charge in [0.25, 0.3) is 0 Å². The number of rotatable bonds is 7. The quantitative estimate of drug-likeness (QED) is 0.682. The average Bonchev–Trinajstić information content (AvgIpc) is 2.73. The van der Waals surface area contributed by atoms with Gasteiger partial charge in [-0.2, -0.15) is 0 Å². The Bertz CT molecular complexity index is 759. The number of hydrogen-bond acceptors (Lipinski definition) is 3. The third-order valence-electron chi connectivity index (χ3n) is 5.48. The van der Waals surface area contributed by atoms with Crippen molar-refractivity contribution >= 4 is 11.6 Å². The van der Waals surface area contributed by atoms with Crippen molar-refractivity contribution in [3.8, 4) is 11.5 Å². The number of amides is 1. The van der Waals surface area contributed by atoms with E-state index in [0.717, 1.165) is 48.4 Å². The van der Waals surface area contributed by atoms with Gasteiger partial charge in [0.1, 0.15) is 11.5 Å². The fourth-order valence-corrected chi connectivity index (χ4v) is 3.86. The molecule has 4 heteroatoms.